The predicted molar refractivity (Wildman–Crippen MR) is 182 cm³/mol. The van der Waals surface area contributed by atoms with Crippen LogP contribution in [0.4, 0.5) is 11.4 Å². The van der Waals surface area contributed by atoms with Gasteiger partial charge < -0.3 is 14.8 Å². The minimum absolute atomic E-state index is 0.203. The smallest absolute Gasteiger partial charge is 0.156 e. The third kappa shape index (κ3) is 7.99. The molecule has 0 amide bonds. The Morgan fingerprint density at radius 2 is 1.70 bits per heavy atom. The number of amidine groups is 1. The molecule has 0 spiro atoms. The molecule has 2 aliphatic heterocycles. The van der Waals surface area contributed by atoms with Crippen LogP contribution >= 0.6 is 0 Å². The van der Waals surface area contributed by atoms with Gasteiger partial charge in [-0.2, -0.15) is 0 Å². The van der Waals surface area contributed by atoms with Crippen LogP contribution in [0.25, 0.3) is 0 Å². The van der Waals surface area contributed by atoms with Crippen LogP contribution in [-0.4, -0.2) is 34.3 Å². The lowest BCUT2D eigenvalue weighted by molar-refractivity contribution is -0.114. The number of rotatable bonds is 6. The van der Waals surface area contributed by atoms with Crippen molar-refractivity contribution >= 4 is 23.0 Å². The van der Waals surface area contributed by atoms with Crippen molar-refractivity contribution < 1.29 is 4.79 Å². The lowest BCUT2D eigenvalue weighted by Crippen LogP contribution is -2.25. The zero-order chi connectivity index (χ0) is 30.3. The van der Waals surface area contributed by atoms with Crippen LogP contribution in [0.5, 0.6) is 0 Å². The molecule has 2 fully saturated rings. The highest BCUT2D eigenvalue weighted by Crippen LogP contribution is 2.41. The number of ketones is 1. The number of allylic oxidation sites excluding steroid dienone is 4. The van der Waals surface area contributed by atoms with E-state index in [0.29, 0.717) is 12.3 Å². The van der Waals surface area contributed by atoms with Crippen LogP contribution in [0.3, 0.4) is 0 Å². The van der Waals surface area contributed by atoms with Gasteiger partial charge in [-0.15, -0.1) is 0 Å². The molecule has 44 heavy (non-hydrogen) atoms. The summed E-state index contributed by atoms with van der Waals surface area (Å²) in [5.41, 5.74) is 8.49. The summed E-state index contributed by atoms with van der Waals surface area (Å²) in [7, 11) is 2.11. The molecule has 2 aliphatic carbocycles. The number of carbonyl (C=O) groups excluding carboxylic acids is 1. The SMILES string of the molecule is CC1CCCCN(c2ccc(NC3=NC4=C(CCc5c(C6CC6)ncn5C)CCC(=O)/C=C\C4=C\CCCC3)cc2)CCC1. The number of aliphatic imine (C=N–C) groups is 1. The van der Waals surface area contributed by atoms with E-state index in [1.807, 2.05) is 12.4 Å². The molecule has 0 radical (unpaired) electrons. The quantitative estimate of drug-likeness (QED) is 0.364. The number of hydrogen-bond acceptors (Lipinski definition) is 5. The van der Waals surface area contributed by atoms with E-state index in [0.717, 1.165) is 86.7 Å². The second-order valence-electron chi connectivity index (χ2n) is 13.6. The Kier molecular flexibility index (Phi) is 10.1. The van der Waals surface area contributed by atoms with Gasteiger partial charge in [-0.25, -0.2) is 9.98 Å². The normalized spacial score (nSPS) is 24.2. The summed E-state index contributed by atoms with van der Waals surface area (Å²) < 4.78 is 2.20. The molecule has 1 atom stereocenters. The highest BCUT2D eigenvalue weighted by molar-refractivity contribution is 5.97. The fourth-order valence-corrected chi connectivity index (χ4v) is 7.08. The number of fused-ring (bicyclic) bond motifs is 1. The van der Waals surface area contributed by atoms with Gasteiger partial charge in [-0.3, -0.25) is 4.79 Å². The average Bonchev–Trinajstić information content (AvgIpc) is 3.76. The lowest BCUT2D eigenvalue weighted by Gasteiger charge is -2.24. The zero-order valence-electron chi connectivity index (χ0n) is 27.0. The molecule has 0 bridgehead atoms. The molecule has 234 valence electrons. The Morgan fingerprint density at radius 3 is 2.55 bits per heavy atom. The van der Waals surface area contributed by atoms with E-state index in [2.05, 4.69) is 59.1 Å². The van der Waals surface area contributed by atoms with Crippen molar-refractivity contribution in [2.45, 2.75) is 109 Å². The lowest BCUT2D eigenvalue weighted by atomic mass is 9.93. The maximum atomic E-state index is 12.6. The van der Waals surface area contributed by atoms with Crippen LogP contribution in [0.15, 0.2) is 70.7 Å². The van der Waals surface area contributed by atoms with Crippen LogP contribution in [0.1, 0.15) is 114 Å². The second-order valence-corrected chi connectivity index (χ2v) is 13.6. The van der Waals surface area contributed by atoms with Crippen molar-refractivity contribution in [1.29, 1.82) is 0 Å². The van der Waals surface area contributed by atoms with Gasteiger partial charge in [0, 0.05) is 56.0 Å². The minimum Gasteiger partial charge on any atom is -0.372 e. The van der Waals surface area contributed by atoms with Gasteiger partial charge in [0.15, 0.2) is 5.78 Å². The number of benzene rings is 1. The minimum atomic E-state index is 0.203. The molecule has 4 aliphatic rings. The first kappa shape index (κ1) is 30.6. The van der Waals surface area contributed by atoms with E-state index >= 15 is 0 Å². The van der Waals surface area contributed by atoms with E-state index in [1.54, 1.807) is 6.08 Å². The van der Waals surface area contributed by atoms with E-state index in [-0.39, 0.29) is 5.78 Å². The fraction of sp³-hybridized carbons (Fsp3) is 0.553. The van der Waals surface area contributed by atoms with Gasteiger partial charge in [0.1, 0.15) is 5.84 Å². The molecule has 1 saturated heterocycles. The van der Waals surface area contributed by atoms with Crippen molar-refractivity contribution in [3.63, 3.8) is 0 Å². The fourth-order valence-electron chi connectivity index (χ4n) is 7.08. The van der Waals surface area contributed by atoms with E-state index in [4.69, 9.17) is 9.98 Å². The van der Waals surface area contributed by atoms with E-state index < -0.39 is 0 Å². The molecule has 1 aromatic heterocycles. The Balaban J connectivity index is 1.25. The Bertz CT molecular complexity index is 1420. The molecule has 2 aromatic rings. The van der Waals surface area contributed by atoms with E-state index in [1.165, 1.54) is 67.6 Å². The molecule has 6 rings (SSSR count). The Hall–Kier alpha value is -3.41. The molecule has 1 saturated carbocycles. The Labute approximate surface area is 264 Å². The number of imidazole rings is 1. The number of carbonyl (C=O) groups is 1. The number of aromatic nitrogens is 2. The molecule has 1 N–H and O–H groups in total. The number of aryl methyl sites for hydroxylation is 1. The maximum Gasteiger partial charge on any atom is 0.156 e. The zero-order valence-corrected chi connectivity index (χ0v) is 27.0. The first-order chi connectivity index (χ1) is 21.5. The first-order valence-corrected chi connectivity index (χ1v) is 17.4. The summed E-state index contributed by atoms with van der Waals surface area (Å²) in [5.74, 6) is 2.71. The molecule has 1 aromatic carbocycles. The van der Waals surface area contributed by atoms with Crippen molar-refractivity contribution in [2.24, 2.45) is 18.0 Å². The molecular formula is C38H51N5O. The van der Waals surface area contributed by atoms with Crippen LogP contribution < -0.4 is 10.2 Å². The van der Waals surface area contributed by atoms with Gasteiger partial charge >= 0.3 is 0 Å². The monoisotopic (exact) mass is 593 g/mol. The van der Waals surface area contributed by atoms with Crippen LogP contribution in [0.2, 0.25) is 0 Å². The summed E-state index contributed by atoms with van der Waals surface area (Å²) in [6.45, 7) is 4.70. The molecule has 1 unspecified atom stereocenters. The second kappa shape index (κ2) is 14.6. The van der Waals surface area contributed by atoms with Crippen LogP contribution in [-0.2, 0) is 18.3 Å². The number of nitrogens with zero attached hydrogens (tertiary/aromatic N) is 4. The summed E-state index contributed by atoms with van der Waals surface area (Å²) in [5, 5.41) is 3.72. The average molecular weight is 594 g/mol. The number of anilines is 2. The Morgan fingerprint density at radius 1 is 0.886 bits per heavy atom. The maximum absolute atomic E-state index is 12.6. The molecule has 6 nitrogen and oxygen atoms in total. The molecule has 3 heterocycles. The first-order valence-electron chi connectivity index (χ1n) is 17.4. The van der Waals surface area contributed by atoms with Gasteiger partial charge in [0.2, 0.25) is 0 Å². The van der Waals surface area contributed by atoms with Gasteiger partial charge in [0.25, 0.3) is 0 Å². The number of nitrogens with one attached hydrogen (secondary N) is 1. The van der Waals surface area contributed by atoms with Gasteiger partial charge in [-0.1, -0.05) is 25.8 Å². The van der Waals surface area contributed by atoms with Crippen molar-refractivity contribution in [2.75, 3.05) is 23.3 Å². The summed E-state index contributed by atoms with van der Waals surface area (Å²) in [6.07, 6.45) is 24.4. The predicted octanol–water partition coefficient (Wildman–Crippen LogP) is 8.82. The summed E-state index contributed by atoms with van der Waals surface area (Å²) in [6, 6.07) is 9.02. The molecular weight excluding hydrogens is 542 g/mol. The third-order valence-corrected chi connectivity index (χ3v) is 9.95. The summed E-state index contributed by atoms with van der Waals surface area (Å²) in [4.78, 5) is 25.3. The molecule has 6 heteroatoms. The third-order valence-electron chi connectivity index (χ3n) is 9.95. The van der Waals surface area contributed by atoms with Crippen molar-refractivity contribution in [1.82, 2.24) is 9.55 Å². The van der Waals surface area contributed by atoms with E-state index in [9.17, 15) is 4.79 Å². The number of hydrogen-bond donors (Lipinski definition) is 1. The highest BCUT2D eigenvalue weighted by atomic mass is 16.1. The largest absolute Gasteiger partial charge is 0.372 e. The van der Waals surface area contributed by atoms with Crippen LogP contribution in [0, 0.1) is 5.92 Å². The van der Waals surface area contributed by atoms with Crippen molar-refractivity contribution in [3.8, 4) is 0 Å². The van der Waals surface area contributed by atoms with Crippen molar-refractivity contribution in [3.05, 3.63) is 77.1 Å². The van der Waals surface area contributed by atoms with Gasteiger partial charge in [-0.05, 0) is 124 Å². The summed E-state index contributed by atoms with van der Waals surface area (Å²) >= 11 is 0. The van der Waals surface area contributed by atoms with Gasteiger partial charge in [0.05, 0.1) is 17.7 Å². The topological polar surface area (TPSA) is 62.5 Å². The highest BCUT2D eigenvalue weighted by Gasteiger charge is 2.29. The standard InChI is InChI=1S/C38H51N5O/c1-28-9-6-7-25-43(26-8-10-28)33-20-18-32(19-21-33)40-36-12-5-3-4-11-29-15-22-34(44)23-16-30(37(29)41-36)17-24-35-38(31-13-14-31)39-27-42(35)2/h11,15,18-22,27-28,31H,3-10,12-14,16-17,23-26H2,1-2H3,(H,40,41)/b22-15-,29-11-,37-30?.